The third-order valence-corrected chi connectivity index (χ3v) is 6.25. The summed E-state index contributed by atoms with van der Waals surface area (Å²) >= 11 is 0. The van der Waals surface area contributed by atoms with Gasteiger partial charge in [0.05, 0.1) is 22.7 Å². The Labute approximate surface area is 198 Å². The molecule has 1 atom stereocenters. The van der Waals surface area contributed by atoms with Crippen LogP contribution in [-0.2, 0) is 6.54 Å². The number of aromatic nitrogens is 2. The van der Waals surface area contributed by atoms with Gasteiger partial charge in [0.15, 0.2) is 11.6 Å². The number of rotatable bonds is 6. The Morgan fingerprint density at radius 2 is 2.09 bits per heavy atom. The molecule has 0 spiro atoms. The highest BCUT2D eigenvalue weighted by atomic mass is 19.1. The summed E-state index contributed by atoms with van der Waals surface area (Å²) in [6.45, 7) is 11.0. The predicted octanol–water partition coefficient (Wildman–Crippen LogP) is 3.53. The number of halogens is 2. The molecule has 2 fully saturated rings. The van der Waals surface area contributed by atoms with Gasteiger partial charge in [-0.3, -0.25) is 0 Å². The number of nitrogens with one attached hydrogen (secondary N) is 3. The van der Waals surface area contributed by atoms with Crippen molar-refractivity contribution in [1.29, 1.82) is 0 Å². The third-order valence-electron chi connectivity index (χ3n) is 6.25. The highest BCUT2D eigenvalue weighted by Crippen LogP contribution is 2.33. The lowest BCUT2D eigenvalue weighted by molar-refractivity contribution is 0.300. The topological polar surface area (TPSA) is 85.3 Å². The number of aromatic hydroxyl groups is 1. The van der Waals surface area contributed by atoms with Crippen LogP contribution in [0.5, 0.6) is 5.75 Å². The van der Waals surface area contributed by atoms with E-state index in [2.05, 4.69) is 32.5 Å². The molecular formula is C25H30F2N6O. The molecule has 180 valence electrons. The number of benzene rings is 1. The zero-order valence-corrected chi connectivity index (χ0v) is 19.5. The van der Waals surface area contributed by atoms with E-state index in [1.54, 1.807) is 0 Å². The summed E-state index contributed by atoms with van der Waals surface area (Å²) in [7, 11) is 0. The molecule has 0 bridgehead atoms. The normalized spacial score (nSPS) is 20.4. The number of piperazine rings is 1. The molecule has 4 rings (SSSR count). The fourth-order valence-electron chi connectivity index (χ4n) is 4.53. The quantitative estimate of drug-likeness (QED) is 0.516. The van der Waals surface area contributed by atoms with Gasteiger partial charge in [-0.2, -0.15) is 0 Å². The van der Waals surface area contributed by atoms with Crippen molar-refractivity contribution in [3.05, 3.63) is 77.0 Å². The SMILES string of the molecule is C=C1NCCN(Cc2c(F)ccc(F)c2O)/C1=C(C)/C(=C\C)c1cc(NC2CCNC2)ncn1. The van der Waals surface area contributed by atoms with E-state index in [0.717, 1.165) is 60.0 Å². The largest absolute Gasteiger partial charge is 0.505 e. The van der Waals surface area contributed by atoms with E-state index in [0.29, 0.717) is 24.8 Å². The van der Waals surface area contributed by atoms with Gasteiger partial charge in [-0.25, -0.2) is 18.7 Å². The average Bonchev–Trinajstić information content (AvgIpc) is 3.33. The van der Waals surface area contributed by atoms with Crippen LogP contribution < -0.4 is 16.0 Å². The van der Waals surface area contributed by atoms with Gasteiger partial charge in [-0.15, -0.1) is 0 Å². The molecule has 4 N–H and O–H groups in total. The molecule has 2 aromatic rings. The van der Waals surface area contributed by atoms with Crippen molar-refractivity contribution in [1.82, 2.24) is 25.5 Å². The van der Waals surface area contributed by atoms with Gasteiger partial charge >= 0.3 is 0 Å². The summed E-state index contributed by atoms with van der Waals surface area (Å²) in [6.07, 6.45) is 4.53. The number of nitrogens with zero attached hydrogens (tertiary/aromatic N) is 3. The van der Waals surface area contributed by atoms with Crippen LogP contribution in [0, 0.1) is 11.6 Å². The highest BCUT2D eigenvalue weighted by Gasteiger charge is 2.25. The van der Waals surface area contributed by atoms with Crippen molar-refractivity contribution in [2.45, 2.75) is 32.9 Å². The number of anilines is 1. The van der Waals surface area contributed by atoms with Gasteiger partial charge in [0.25, 0.3) is 0 Å². The Morgan fingerprint density at radius 3 is 2.82 bits per heavy atom. The summed E-state index contributed by atoms with van der Waals surface area (Å²) in [5.74, 6) is -1.42. The van der Waals surface area contributed by atoms with Gasteiger partial charge in [0.1, 0.15) is 18.0 Å². The highest BCUT2D eigenvalue weighted by molar-refractivity contribution is 5.79. The van der Waals surface area contributed by atoms with E-state index in [-0.39, 0.29) is 12.1 Å². The maximum atomic E-state index is 14.5. The summed E-state index contributed by atoms with van der Waals surface area (Å²) in [5, 5.41) is 20.2. The zero-order valence-electron chi connectivity index (χ0n) is 19.5. The summed E-state index contributed by atoms with van der Waals surface area (Å²) in [6, 6.07) is 4.19. The van der Waals surface area contributed by atoms with Crippen molar-refractivity contribution in [2.75, 3.05) is 31.5 Å². The van der Waals surface area contributed by atoms with E-state index in [1.165, 1.54) is 6.33 Å². The van der Waals surface area contributed by atoms with Crippen LogP contribution in [0.1, 0.15) is 31.5 Å². The standard InChI is InChI=1S/C25H30F2N6O/c1-4-18(22-11-23(31-14-30-22)32-17-7-8-28-12-17)15(2)24-16(3)29-9-10-33(24)13-19-20(26)5-6-21(27)25(19)34/h4-6,11,14,17,28-29,34H,3,7-10,12-13H2,1-2H3,(H,30,31,32)/b18-4+,24-15+. The first-order valence-electron chi connectivity index (χ1n) is 11.4. The fourth-order valence-corrected chi connectivity index (χ4v) is 4.53. The molecule has 0 radical (unpaired) electrons. The van der Waals surface area contributed by atoms with E-state index < -0.39 is 17.4 Å². The molecule has 2 aliphatic heterocycles. The number of phenolic OH excluding ortho intramolecular Hbond substituents is 1. The Kier molecular flexibility index (Phi) is 7.12. The lowest BCUT2D eigenvalue weighted by Gasteiger charge is -2.36. The molecule has 9 heteroatoms. The minimum atomic E-state index is -0.847. The van der Waals surface area contributed by atoms with Crippen molar-refractivity contribution < 1.29 is 13.9 Å². The van der Waals surface area contributed by atoms with Crippen LogP contribution in [0.15, 0.2) is 54.1 Å². The Hall–Kier alpha value is -3.46. The van der Waals surface area contributed by atoms with Gasteiger partial charge in [-0.1, -0.05) is 12.7 Å². The van der Waals surface area contributed by atoms with Crippen molar-refractivity contribution in [3.8, 4) is 5.75 Å². The Balaban J connectivity index is 1.67. The molecular weight excluding hydrogens is 438 g/mol. The van der Waals surface area contributed by atoms with E-state index in [9.17, 15) is 13.9 Å². The Bertz CT molecular complexity index is 1140. The van der Waals surface area contributed by atoms with Gasteiger partial charge in [-0.05, 0) is 44.5 Å². The molecule has 3 heterocycles. The molecule has 1 aromatic carbocycles. The first-order chi connectivity index (χ1) is 16.4. The fraction of sp³-hybridized carbons (Fsp3) is 0.360. The monoisotopic (exact) mass is 468 g/mol. The molecule has 0 saturated carbocycles. The average molecular weight is 469 g/mol. The van der Waals surface area contributed by atoms with Crippen LogP contribution in [0.25, 0.3) is 5.57 Å². The second-order valence-corrected chi connectivity index (χ2v) is 8.48. The molecule has 0 aliphatic carbocycles. The summed E-state index contributed by atoms with van der Waals surface area (Å²) in [5.41, 5.74) is 3.85. The summed E-state index contributed by atoms with van der Waals surface area (Å²) in [4.78, 5) is 10.8. The number of hydrogen-bond donors (Lipinski definition) is 4. The van der Waals surface area contributed by atoms with Crippen molar-refractivity contribution >= 4 is 11.4 Å². The van der Waals surface area contributed by atoms with E-state index in [1.807, 2.05) is 30.9 Å². The molecule has 2 saturated heterocycles. The molecule has 34 heavy (non-hydrogen) atoms. The first kappa shape index (κ1) is 23.7. The van der Waals surface area contributed by atoms with E-state index >= 15 is 0 Å². The van der Waals surface area contributed by atoms with Crippen LogP contribution in [0.2, 0.25) is 0 Å². The van der Waals surface area contributed by atoms with E-state index in [4.69, 9.17) is 0 Å². The van der Waals surface area contributed by atoms with Gasteiger partial charge in [0, 0.05) is 43.9 Å². The third kappa shape index (κ3) is 4.89. The number of hydrogen-bond acceptors (Lipinski definition) is 7. The number of phenols is 1. The van der Waals surface area contributed by atoms with Gasteiger partial charge in [0.2, 0.25) is 0 Å². The zero-order chi connectivity index (χ0) is 24.2. The van der Waals surface area contributed by atoms with Crippen LogP contribution in [0.3, 0.4) is 0 Å². The molecule has 2 aliphatic rings. The molecule has 0 amide bonds. The van der Waals surface area contributed by atoms with Crippen LogP contribution in [-0.4, -0.2) is 52.2 Å². The van der Waals surface area contributed by atoms with Crippen molar-refractivity contribution in [3.63, 3.8) is 0 Å². The van der Waals surface area contributed by atoms with Gasteiger partial charge < -0.3 is 26.0 Å². The second-order valence-electron chi connectivity index (χ2n) is 8.48. The smallest absolute Gasteiger partial charge is 0.165 e. The lowest BCUT2D eigenvalue weighted by Crippen LogP contribution is -2.40. The molecule has 1 aromatic heterocycles. The molecule has 1 unspecified atom stereocenters. The Morgan fingerprint density at radius 1 is 1.29 bits per heavy atom. The minimum Gasteiger partial charge on any atom is -0.505 e. The summed E-state index contributed by atoms with van der Waals surface area (Å²) < 4.78 is 28.4. The molecule has 7 nitrogen and oxygen atoms in total. The van der Waals surface area contributed by atoms with Crippen molar-refractivity contribution in [2.24, 2.45) is 0 Å². The minimum absolute atomic E-state index is 0.00501. The predicted molar refractivity (Wildman–Crippen MR) is 129 cm³/mol. The number of allylic oxidation sites excluding steroid dienone is 3. The first-order valence-corrected chi connectivity index (χ1v) is 11.4. The van der Waals surface area contributed by atoms with Crippen LogP contribution in [0.4, 0.5) is 14.6 Å². The maximum absolute atomic E-state index is 14.5. The maximum Gasteiger partial charge on any atom is 0.165 e. The second kappa shape index (κ2) is 10.2. The van der Waals surface area contributed by atoms with Crippen LogP contribution >= 0.6 is 0 Å². The lowest BCUT2D eigenvalue weighted by atomic mass is 9.98.